The third-order valence-corrected chi connectivity index (χ3v) is 5.60. The van der Waals surface area contributed by atoms with Crippen LogP contribution in [-0.2, 0) is 0 Å². The van der Waals surface area contributed by atoms with Crippen LogP contribution in [0.2, 0.25) is 0 Å². The summed E-state index contributed by atoms with van der Waals surface area (Å²) in [6.07, 6.45) is 2.05. The summed E-state index contributed by atoms with van der Waals surface area (Å²) in [6, 6.07) is 15.3. The third kappa shape index (κ3) is 6.94. The highest BCUT2D eigenvalue weighted by Gasteiger charge is 2.16. The van der Waals surface area contributed by atoms with Gasteiger partial charge in [0.2, 0.25) is 0 Å². The molecule has 166 valence electrons. The van der Waals surface area contributed by atoms with Crippen LogP contribution < -0.4 is 20.3 Å². The fraction of sp³-hybridized carbons (Fsp3) is 0.417. The highest BCUT2D eigenvalue weighted by atomic mass is 32.1. The number of nitrogens with one attached hydrogen (secondary N) is 2. The number of anilines is 2. The number of nitrogens with zero attached hydrogens (tertiary/aromatic N) is 2. The summed E-state index contributed by atoms with van der Waals surface area (Å²) in [4.78, 5) is 17.4. The Hall–Kier alpha value is -2.64. The van der Waals surface area contributed by atoms with Gasteiger partial charge in [-0.25, -0.2) is 0 Å². The summed E-state index contributed by atoms with van der Waals surface area (Å²) in [7, 11) is 0. The van der Waals surface area contributed by atoms with Crippen molar-refractivity contribution >= 4 is 34.6 Å². The lowest BCUT2D eigenvalue weighted by molar-refractivity contribution is 0.0977. The maximum Gasteiger partial charge on any atom is 0.257 e. The average molecular weight is 441 g/mol. The second-order valence-electron chi connectivity index (χ2n) is 7.61. The molecular weight excluding hydrogens is 408 g/mol. The van der Waals surface area contributed by atoms with E-state index in [-0.39, 0.29) is 11.0 Å². The number of thiocarbonyl (C=S) groups is 1. The molecule has 1 saturated heterocycles. The number of hydrogen-bond acceptors (Lipinski definition) is 5. The molecule has 2 aromatic rings. The molecule has 0 aliphatic carbocycles. The highest BCUT2D eigenvalue weighted by Crippen LogP contribution is 2.20. The number of piperazine rings is 1. The Morgan fingerprint density at radius 2 is 1.81 bits per heavy atom. The zero-order chi connectivity index (χ0) is 22.1. The van der Waals surface area contributed by atoms with Crippen molar-refractivity contribution in [1.82, 2.24) is 10.2 Å². The molecule has 1 aliphatic heterocycles. The zero-order valence-corrected chi connectivity index (χ0v) is 19.2. The van der Waals surface area contributed by atoms with E-state index in [1.54, 1.807) is 12.1 Å². The van der Waals surface area contributed by atoms with Crippen LogP contribution in [0.15, 0.2) is 48.5 Å². The molecule has 1 amide bonds. The van der Waals surface area contributed by atoms with Gasteiger partial charge in [-0.2, -0.15) is 0 Å². The molecule has 3 rings (SSSR count). The van der Waals surface area contributed by atoms with E-state index < -0.39 is 0 Å². The first-order chi connectivity index (χ1) is 15.1. The van der Waals surface area contributed by atoms with Gasteiger partial charge in [0, 0.05) is 43.1 Å². The van der Waals surface area contributed by atoms with Crippen LogP contribution in [0.3, 0.4) is 0 Å². The number of likely N-dealkylation sites (N-methyl/N-ethyl adjacent to an activating group) is 1. The van der Waals surface area contributed by atoms with Crippen LogP contribution in [0, 0.1) is 0 Å². The first-order valence-electron chi connectivity index (χ1n) is 11.0. The van der Waals surface area contributed by atoms with Gasteiger partial charge < -0.3 is 19.9 Å². The van der Waals surface area contributed by atoms with E-state index in [1.807, 2.05) is 24.3 Å². The Balaban J connectivity index is 1.50. The molecule has 0 aromatic heterocycles. The summed E-state index contributed by atoms with van der Waals surface area (Å²) in [5.74, 6) is 0.430. The van der Waals surface area contributed by atoms with Crippen LogP contribution in [0.25, 0.3) is 0 Å². The smallest absolute Gasteiger partial charge is 0.257 e. The van der Waals surface area contributed by atoms with Gasteiger partial charge in [0.05, 0.1) is 6.61 Å². The summed E-state index contributed by atoms with van der Waals surface area (Å²) >= 11 is 5.32. The van der Waals surface area contributed by atoms with Gasteiger partial charge in [0.1, 0.15) is 5.75 Å². The molecule has 7 heteroatoms. The van der Waals surface area contributed by atoms with E-state index in [0.29, 0.717) is 17.9 Å². The van der Waals surface area contributed by atoms with E-state index in [1.165, 1.54) is 5.69 Å². The summed E-state index contributed by atoms with van der Waals surface area (Å²) in [5.41, 5.74) is 2.56. The topological polar surface area (TPSA) is 56.8 Å². The van der Waals surface area contributed by atoms with Crippen LogP contribution in [-0.4, -0.2) is 55.3 Å². The molecule has 31 heavy (non-hydrogen) atoms. The predicted octanol–water partition coefficient (Wildman–Crippen LogP) is 4.13. The standard InChI is InChI=1S/C24H32N4O2S/c1-3-5-17-30-22-8-6-7-19(18-22)23(29)26-24(31)25-20-9-11-21(12-10-20)28-15-13-27(4-2)14-16-28/h6-12,18H,3-5,13-17H2,1-2H3,(H2,25,26,29,31). The van der Waals surface area contributed by atoms with Crippen molar-refractivity contribution in [2.75, 3.05) is 49.5 Å². The first-order valence-corrected chi connectivity index (χ1v) is 11.4. The number of unbranched alkanes of at least 4 members (excludes halogenated alkanes) is 1. The Labute approximate surface area is 190 Å². The number of rotatable bonds is 8. The summed E-state index contributed by atoms with van der Waals surface area (Å²) in [5, 5.41) is 6.10. The maximum atomic E-state index is 12.5. The Morgan fingerprint density at radius 3 is 2.48 bits per heavy atom. The van der Waals surface area contributed by atoms with Gasteiger partial charge in [-0.15, -0.1) is 0 Å². The monoisotopic (exact) mass is 440 g/mol. The second kappa shape index (κ2) is 11.7. The molecule has 2 N–H and O–H groups in total. The molecule has 0 saturated carbocycles. The van der Waals surface area contributed by atoms with Crippen molar-refractivity contribution in [2.45, 2.75) is 26.7 Å². The fourth-order valence-electron chi connectivity index (χ4n) is 3.48. The zero-order valence-electron chi connectivity index (χ0n) is 18.4. The molecule has 0 unspecified atom stereocenters. The van der Waals surface area contributed by atoms with Gasteiger partial charge >= 0.3 is 0 Å². The van der Waals surface area contributed by atoms with Crippen LogP contribution in [0.4, 0.5) is 11.4 Å². The van der Waals surface area contributed by atoms with Crippen molar-refractivity contribution in [2.24, 2.45) is 0 Å². The van der Waals surface area contributed by atoms with E-state index in [4.69, 9.17) is 17.0 Å². The van der Waals surface area contributed by atoms with E-state index in [0.717, 1.165) is 51.3 Å². The molecule has 0 atom stereocenters. The lowest BCUT2D eigenvalue weighted by atomic mass is 10.2. The minimum Gasteiger partial charge on any atom is -0.494 e. The van der Waals surface area contributed by atoms with Crippen molar-refractivity contribution in [3.8, 4) is 5.75 Å². The molecule has 6 nitrogen and oxygen atoms in total. The number of benzene rings is 2. The third-order valence-electron chi connectivity index (χ3n) is 5.40. The van der Waals surface area contributed by atoms with Crippen molar-refractivity contribution in [3.63, 3.8) is 0 Å². The molecule has 1 aliphatic rings. The number of amides is 1. The molecule has 2 aromatic carbocycles. The largest absolute Gasteiger partial charge is 0.494 e. The van der Waals surface area contributed by atoms with E-state index in [2.05, 4.69) is 46.4 Å². The lowest BCUT2D eigenvalue weighted by Gasteiger charge is -2.35. The molecule has 1 heterocycles. The lowest BCUT2D eigenvalue weighted by Crippen LogP contribution is -2.46. The fourth-order valence-corrected chi connectivity index (χ4v) is 3.69. The van der Waals surface area contributed by atoms with Gasteiger partial charge in [-0.1, -0.05) is 26.3 Å². The average Bonchev–Trinajstić information content (AvgIpc) is 2.80. The number of carbonyl (C=O) groups is 1. The minimum atomic E-state index is -0.260. The normalized spacial score (nSPS) is 14.2. The SMILES string of the molecule is CCCCOc1cccc(C(=O)NC(=S)Nc2ccc(N3CCN(CC)CC3)cc2)c1. The van der Waals surface area contributed by atoms with Gasteiger partial charge in [0.25, 0.3) is 5.91 Å². The van der Waals surface area contributed by atoms with Crippen molar-refractivity contribution in [1.29, 1.82) is 0 Å². The van der Waals surface area contributed by atoms with Gasteiger partial charge in [-0.05, 0) is 67.6 Å². The first kappa shape index (κ1) is 23.0. The molecule has 0 spiro atoms. The number of carbonyl (C=O) groups excluding carboxylic acids is 1. The quantitative estimate of drug-likeness (QED) is 0.475. The van der Waals surface area contributed by atoms with E-state index in [9.17, 15) is 4.79 Å². The summed E-state index contributed by atoms with van der Waals surface area (Å²) < 4.78 is 5.68. The van der Waals surface area contributed by atoms with Crippen LogP contribution in [0.5, 0.6) is 5.75 Å². The van der Waals surface area contributed by atoms with E-state index >= 15 is 0 Å². The van der Waals surface area contributed by atoms with Gasteiger partial charge in [-0.3, -0.25) is 10.1 Å². The molecule has 1 fully saturated rings. The maximum absolute atomic E-state index is 12.5. The minimum absolute atomic E-state index is 0.260. The Morgan fingerprint density at radius 1 is 1.06 bits per heavy atom. The van der Waals surface area contributed by atoms with Crippen LogP contribution in [0.1, 0.15) is 37.0 Å². The predicted molar refractivity (Wildman–Crippen MR) is 131 cm³/mol. The summed E-state index contributed by atoms with van der Waals surface area (Å²) in [6.45, 7) is 10.3. The highest BCUT2D eigenvalue weighted by molar-refractivity contribution is 7.80. The van der Waals surface area contributed by atoms with Crippen molar-refractivity contribution < 1.29 is 9.53 Å². The second-order valence-corrected chi connectivity index (χ2v) is 8.01. The van der Waals surface area contributed by atoms with Gasteiger partial charge in [0.15, 0.2) is 5.11 Å². The Bertz CT molecular complexity index is 864. The van der Waals surface area contributed by atoms with Crippen molar-refractivity contribution in [3.05, 3.63) is 54.1 Å². The number of hydrogen-bond donors (Lipinski definition) is 2. The molecular formula is C24H32N4O2S. The number of ether oxygens (including phenoxy) is 1. The van der Waals surface area contributed by atoms with Crippen LogP contribution >= 0.6 is 12.2 Å². The molecule has 0 bridgehead atoms. The molecule has 0 radical (unpaired) electrons. The Kier molecular flexibility index (Phi) is 8.67.